The van der Waals surface area contributed by atoms with Gasteiger partial charge in [-0.25, -0.2) is 17.7 Å². The highest BCUT2D eigenvalue weighted by Crippen LogP contribution is 2.38. The van der Waals surface area contributed by atoms with Crippen LogP contribution >= 0.6 is 0 Å². The molecule has 4 aliphatic heterocycles. The summed E-state index contributed by atoms with van der Waals surface area (Å²) in [5.74, 6) is 1.64. The maximum absolute atomic E-state index is 13.2. The highest BCUT2D eigenvalue weighted by atomic mass is 32.2. The molecule has 4 rings (SSSR count). The van der Waals surface area contributed by atoms with Crippen molar-refractivity contribution >= 4 is 15.9 Å². The third-order valence-corrected chi connectivity index (χ3v) is 8.84. The van der Waals surface area contributed by atoms with Gasteiger partial charge in [-0.15, -0.1) is 0 Å². The van der Waals surface area contributed by atoms with Crippen molar-refractivity contribution in [1.29, 1.82) is 0 Å². The van der Waals surface area contributed by atoms with E-state index in [1.165, 1.54) is 19.1 Å². The summed E-state index contributed by atoms with van der Waals surface area (Å²) in [7, 11) is -3.06. The van der Waals surface area contributed by atoms with Gasteiger partial charge in [0, 0.05) is 45.3 Å². The standard InChI is InChI=1S/C20H36N4O3S/c1-28(26,27)23-11-6-16(7-12-23)17-8-13-24-19(14-17)18(15-21-24)20(25)22-9-4-2-3-5-10-22/h16-19,21H,2-15H2,1H3. The van der Waals surface area contributed by atoms with E-state index in [0.29, 0.717) is 36.9 Å². The third-order valence-electron chi connectivity index (χ3n) is 7.53. The summed E-state index contributed by atoms with van der Waals surface area (Å²) in [5.41, 5.74) is 3.49. The molecule has 0 spiro atoms. The molecule has 7 nitrogen and oxygen atoms in total. The highest BCUT2D eigenvalue weighted by molar-refractivity contribution is 7.88. The van der Waals surface area contributed by atoms with Gasteiger partial charge in [-0.3, -0.25) is 10.2 Å². The van der Waals surface area contributed by atoms with Crippen LogP contribution < -0.4 is 5.43 Å². The van der Waals surface area contributed by atoms with E-state index in [0.717, 1.165) is 64.7 Å². The summed E-state index contributed by atoms with van der Waals surface area (Å²) in [5, 5.41) is 2.32. The number of likely N-dealkylation sites (tertiary alicyclic amines) is 1. The van der Waals surface area contributed by atoms with Gasteiger partial charge in [0.2, 0.25) is 15.9 Å². The molecule has 0 aromatic carbocycles. The van der Waals surface area contributed by atoms with Crippen molar-refractivity contribution in [1.82, 2.24) is 19.6 Å². The summed E-state index contributed by atoms with van der Waals surface area (Å²) < 4.78 is 25.2. The predicted molar refractivity (Wildman–Crippen MR) is 109 cm³/mol. The Kier molecular flexibility index (Phi) is 6.30. The van der Waals surface area contributed by atoms with E-state index in [-0.39, 0.29) is 5.92 Å². The number of carbonyl (C=O) groups is 1. The van der Waals surface area contributed by atoms with Crippen molar-refractivity contribution in [2.75, 3.05) is 45.5 Å². The molecule has 0 aliphatic carbocycles. The van der Waals surface area contributed by atoms with E-state index in [1.54, 1.807) is 4.31 Å². The SMILES string of the molecule is CS(=O)(=O)N1CCC(C2CCN3NCC(C(=O)N4CCCCCC4)C3C2)CC1. The number of sulfonamides is 1. The van der Waals surface area contributed by atoms with E-state index >= 15 is 0 Å². The minimum atomic E-state index is -3.06. The normalized spacial score (nSPS) is 34.2. The van der Waals surface area contributed by atoms with Gasteiger partial charge in [-0.1, -0.05) is 12.8 Å². The smallest absolute Gasteiger partial charge is 0.228 e. The average molecular weight is 413 g/mol. The largest absolute Gasteiger partial charge is 0.342 e. The fraction of sp³-hybridized carbons (Fsp3) is 0.950. The lowest BCUT2D eigenvalue weighted by Crippen LogP contribution is -2.50. The Morgan fingerprint density at radius 2 is 1.54 bits per heavy atom. The van der Waals surface area contributed by atoms with Crippen LogP contribution in [-0.4, -0.2) is 80.1 Å². The van der Waals surface area contributed by atoms with Crippen LogP contribution in [0.1, 0.15) is 51.4 Å². The van der Waals surface area contributed by atoms with E-state index in [9.17, 15) is 13.2 Å². The lowest BCUT2D eigenvalue weighted by Gasteiger charge is -2.42. The van der Waals surface area contributed by atoms with Gasteiger partial charge in [0.1, 0.15) is 0 Å². The molecule has 0 bridgehead atoms. The molecule has 3 atom stereocenters. The van der Waals surface area contributed by atoms with Crippen LogP contribution in [0.15, 0.2) is 0 Å². The molecule has 0 aromatic heterocycles. The maximum Gasteiger partial charge on any atom is 0.228 e. The molecule has 8 heteroatoms. The average Bonchev–Trinajstić information content (AvgIpc) is 2.91. The van der Waals surface area contributed by atoms with Crippen LogP contribution in [0.2, 0.25) is 0 Å². The zero-order chi connectivity index (χ0) is 19.7. The Labute approximate surface area is 169 Å². The highest BCUT2D eigenvalue weighted by Gasteiger charge is 2.45. The Bertz CT molecular complexity index is 654. The number of hydrogen-bond acceptors (Lipinski definition) is 5. The zero-order valence-corrected chi connectivity index (χ0v) is 18.0. The van der Waals surface area contributed by atoms with E-state index in [4.69, 9.17) is 0 Å². The molecule has 160 valence electrons. The van der Waals surface area contributed by atoms with Crippen molar-refractivity contribution in [3.8, 4) is 0 Å². The first-order valence-electron chi connectivity index (χ1n) is 11.2. The van der Waals surface area contributed by atoms with Gasteiger partial charge in [0.25, 0.3) is 0 Å². The summed E-state index contributed by atoms with van der Waals surface area (Å²) >= 11 is 0. The summed E-state index contributed by atoms with van der Waals surface area (Å²) in [4.78, 5) is 15.4. The minimum absolute atomic E-state index is 0.0806. The van der Waals surface area contributed by atoms with Gasteiger partial charge in [0.15, 0.2) is 0 Å². The molecule has 0 saturated carbocycles. The number of nitrogens with one attached hydrogen (secondary N) is 1. The molecule has 0 aromatic rings. The number of nitrogens with zero attached hydrogens (tertiary/aromatic N) is 3. The Balaban J connectivity index is 1.36. The first kappa shape index (κ1) is 20.6. The number of hydrogen-bond donors (Lipinski definition) is 1. The summed E-state index contributed by atoms with van der Waals surface area (Å²) in [6.07, 6.45) is 10.2. The fourth-order valence-corrected chi connectivity index (χ4v) is 6.71. The molecule has 4 heterocycles. The molecule has 4 fully saturated rings. The zero-order valence-electron chi connectivity index (χ0n) is 17.2. The second kappa shape index (κ2) is 8.58. The summed E-state index contributed by atoms with van der Waals surface area (Å²) in [6.45, 7) is 4.95. The molecule has 1 amide bonds. The second-order valence-corrected chi connectivity index (χ2v) is 11.2. The minimum Gasteiger partial charge on any atom is -0.342 e. The van der Waals surface area contributed by atoms with Gasteiger partial charge in [-0.2, -0.15) is 0 Å². The van der Waals surface area contributed by atoms with Crippen LogP contribution in [-0.2, 0) is 14.8 Å². The van der Waals surface area contributed by atoms with Crippen LogP contribution in [0.4, 0.5) is 0 Å². The van der Waals surface area contributed by atoms with Gasteiger partial charge in [0.05, 0.1) is 12.2 Å². The Morgan fingerprint density at radius 1 is 0.893 bits per heavy atom. The third kappa shape index (κ3) is 4.40. The predicted octanol–water partition coefficient (Wildman–Crippen LogP) is 1.28. The lowest BCUT2D eigenvalue weighted by atomic mass is 9.75. The lowest BCUT2D eigenvalue weighted by molar-refractivity contribution is -0.136. The first-order valence-corrected chi connectivity index (χ1v) is 13.0. The molecule has 3 unspecified atom stereocenters. The van der Waals surface area contributed by atoms with E-state index in [2.05, 4.69) is 15.3 Å². The molecule has 0 radical (unpaired) electrons. The van der Waals surface area contributed by atoms with Crippen molar-refractivity contribution in [2.45, 2.75) is 57.4 Å². The van der Waals surface area contributed by atoms with Gasteiger partial charge in [-0.05, 0) is 50.4 Å². The Morgan fingerprint density at radius 3 is 2.18 bits per heavy atom. The number of piperidine rings is 2. The van der Waals surface area contributed by atoms with Crippen molar-refractivity contribution in [2.24, 2.45) is 17.8 Å². The monoisotopic (exact) mass is 412 g/mol. The number of amides is 1. The summed E-state index contributed by atoms with van der Waals surface area (Å²) in [6, 6.07) is 0.308. The maximum atomic E-state index is 13.2. The van der Waals surface area contributed by atoms with Crippen molar-refractivity contribution < 1.29 is 13.2 Å². The van der Waals surface area contributed by atoms with Gasteiger partial charge < -0.3 is 4.90 Å². The molecule has 1 N–H and O–H groups in total. The molecule has 4 aliphatic rings. The topological polar surface area (TPSA) is 73.0 Å². The second-order valence-electron chi connectivity index (χ2n) is 9.25. The van der Waals surface area contributed by atoms with Crippen LogP contribution in [0.25, 0.3) is 0 Å². The molecular formula is C20H36N4O3S. The number of hydrazine groups is 1. The molecular weight excluding hydrogens is 376 g/mol. The fourth-order valence-electron chi connectivity index (χ4n) is 5.84. The first-order chi connectivity index (χ1) is 13.4. The van der Waals surface area contributed by atoms with Crippen LogP contribution in [0.5, 0.6) is 0 Å². The van der Waals surface area contributed by atoms with Crippen LogP contribution in [0.3, 0.4) is 0 Å². The van der Waals surface area contributed by atoms with Gasteiger partial charge >= 0.3 is 0 Å². The number of rotatable bonds is 3. The molecule has 4 saturated heterocycles. The van der Waals surface area contributed by atoms with Crippen molar-refractivity contribution in [3.63, 3.8) is 0 Å². The quantitative estimate of drug-likeness (QED) is 0.756. The number of fused-ring (bicyclic) bond motifs is 1. The van der Waals surface area contributed by atoms with Crippen LogP contribution in [0, 0.1) is 17.8 Å². The van der Waals surface area contributed by atoms with Crippen molar-refractivity contribution in [3.05, 3.63) is 0 Å². The Hall–Kier alpha value is -0.700. The van der Waals surface area contributed by atoms with E-state index < -0.39 is 10.0 Å². The number of carbonyl (C=O) groups excluding carboxylic acids is 1. The van der Waals surface area contributed by atoms with E-state index in [1.807, 2.05) is 0 Å². The molecule has 28 heavy (non-hydrogen) atoms.